The molecule has 134 valence electrons. The van der Waals surface area contributed by atoms with Crippen molar-refractivity contribution in [2.45, 2.75) is 32.2 Å². The first kappa shape index (κ1) is 16.5. The van der Waals surface area contributed by atoms with E-state index in [0.717, 1.165) is 30.8 Å². The summed E-state index contributed by atoms with van der Waals surface area (Å²) in [5, 5.41) is 11.6. The molecule has 0 spiro atoms. The molecule has 0 bridgehead atoms. The first-order valence-electron chi connectivity index (χ1n) is 9.05. The zero-order valence-corrected chi connectivity index (χ0v) is 14.8. The van der Waals surface area contributed by atoms with E-state index in [1.807, 2.05) is 42.2 Å². The van der Waals surface area contributed by atoms with Gasteiger partial charge in [-0.3, -0.25) is 14.6 Å². The van der Waals surface area contributed by atoms with Gasteiger partial charge in [0.25, 0.3) is 5.91 Å². The van der Waals surface area contributed by atoms with Gasteiger partial charge in [0.15, 0.2) is 5.82 Å². The molecule has 26 heavy (non-hydrogen) atoms. The molecule has 4 rings (SSSR count). The van der Waals surface area contributed by atoms with Crippen molar-refractivity contribution >= 4 is 5.91 Å². The van der Waals surface area contributed by atoms with Crippen LogP contribution in [0.2, 0.25) is 0 Å². The summed E-state index contributed by atoms with van der Waals surface area (Å²) >= 11 is 0. The lowest BCUT2D eigenvalue weighted by atomic mass is 9.97. The summed E-state index contributed by atoms with van der Waals surface area (Å²) in [7, 11) is 0. The highest BCUT2D eigenvalue weighted by Crippen LogP contribution is 2.27. The smallest absolute Gasteiger partial charge is 0.272 e. The fourth-order valence-electron chi connectivity index (χ4n) is 3.49. The number of carbonyl (C=O) groups excluding carboxylic acids is 1. The number of H-pyrrole nitrogens is 1. The van der Waals surface area contributed by atoms with Crippen LogP contribution in [-0.2, 0) is 6.54 Å². The van der Waals surface area contributed by atoms with Crippen LogP contribution in [0.5, 0.6) is 0 Å². The molecule has 1 N–H and O–H groups in total. The van der Waals surface area contributed by atoms with Gasteiger partial charge in [-0.1, -0.05) is 30.3 Å². The van der Waals surface area contributed by atoms with E-state index in [0.29, 0.717) is 24.6 Å². The van der Waals surface area contributed by atoms with Gasteiger partial charge in [-0.05, 0) is 25.8 Å². The van der Waals surface area contributed by atoms with E-state index in [1.54, 1.807) is 16.9 Å². The van der Waals surface area contributed by atoms with Crippen molar-refractivity contribution in [3.05, 3.63) is 54.1 Å². The third kappa shape index (κ3) is 3.12. The third-order valence-corrected chi connectivity index (χ3v) is 4.87. The van der Waals surface area contributed by atoms with E-state index in [4.69, 9.17) is 0 Å². The molecule has 3 heterocycles. The van der Waals surface area contributed by atoms with Crippen molar-refractivity contribution in [1.82, 2.24) is 29.9 Å². The molecule has 1 fully saturated rings. The highest BCUT2D eigenvalue weighted by Gasteiger charge is 2.29. The van der Waals surface area contributed by atoms with Crippen molar-refractivity contribution in [3.63, 3.8) is 0 Å². The number of hydrogen-bond acceptors (Lipinski definition) is 4. The van der Waals surface area contributed by atoms with Gasteiger partial charge in [-0.25, -0.2) is 4.98 Å². The summed E-state index contributed by atoms with van der Waals surface area (Å²) in [5.74, 6) is 1.77. The molecule has 0 aliphatic carbocycles. The number of piperidine rings is 1. The van der Waals surface area contributed by atoms with Crippen LogP contribution >= 0.6 is 0 Å². The Morgan fingerprint density at radius 1 is 1.27 bits per heavy atom. The van der Waals surface area contributed by atoms with E-state index in [9.17, 15) is 4.79 Å². The molecule has 1 amide bonds. The molecule has 0 saturated carbocycles. The Labute approximate surface area is 152 Å². The van der Waals surface area contributed by atoms with E-state index >= 15 is 0 Å². The Morgan fingerprint density at radius 3 is 2.92 bits per heavy atom. The fourth-order valence-corrected chi connectivity index (χ4v) is 3.49. The summed E-state index contributed by atoms with van der Waals surface area (Å²) in [5.41, 5.74) is 1.64. The average Bonchev–Trinajstić information content (AvgIpc) is 3.37. The topological polar surface area (TPSA) is 79.7 Å². The van der Waals surface area contributed by atoms with Crippen LogP contribution in [-0.4, -0.2) is 48.9 Å². The second-order valence-electron chi connectivity index (χ2n) is 6.53. The van der Waals surface area contributed by atoms with Gasteiger partial charge < -0.3 is 4.90 Å². The summed E-state index contributed by atoms with van der Waals surface area (Å²) in [6, 6.07) is 11.7. The maximum Gasteiger partial charge on any atom is 0.272 e. The van der Waals surface area contributed by atoms with Crippen LogP contribution in [0.1, 0.15) is 42.0 Å². The normalized spacial score (nSPS) is 17.4. The van der Waals surface area contributed by atoms with Crippen LogP contribution in [0.3, 0.4) is 0 Å². The Hall–Kier alpha value is -2.96. The van der Waals surface area contributed by atoms with Gasteiger partial charge in [0, 0.05) is 37.3 Å². The van der Waals surface area contributed by atoms with Crippen molar-refractivity contribution in [2.24, 2.45) is 0 Å². The molecule has 1 aliphatic heterocycles. The van der Waals surface area contributed by atoms with Gasteiger partial charge in [0.2, 0.25) is 0 Å². The predicted octanol–water partition coefficient (Wildman–Crippen LogP) is 2.71. The number of hydrogen-bond donors (Lipinski definition) is 1. The van der Waals surface area contributed by atoms with E-state index in [-0.39, 0.29) is 11.8 Å². The third-order valence-electron chi connectivity index (χ3n) is 4.87. The molecule has 7 nitrogen and oxygen atoms in total. The zero-order chi connectivity index (χ0) is 17.9. The molecule has 0 radical (unpaired) electrons. The van der Waals surface area contributed by atoms with Gasteiger partial charge in [0.05, 0.1) is 0 Å². The first-order valence-corrected chi connectivity index (χ1v) is 9.05. The Balaban J connectivity index is 1.51. The van der Waals surface area contributed by atoms with Crippen LogP contribution in [0, 0.1) is 0 Å². The van der Waals surface area contributed by atoms with Gasteiger partial charge in [0.1, 0.15) is 11.5 Å². The molecule has 3 aromatic rings. The molecule has 1 saturated heterocycles. The van der Waals surface area contributed by atoms with Crippen LogP contribution in [0.4, 0.5) is 0 Å². The molecule has 0 unspecified atom stereocenters. The number of aromatic nitrogens is 5. The summed E-state index contributed by atoms with van der Waals surface area (Å²) in [6.07, 6.45) is 3.64. The van der Waals surface area contributed by atoms with Crippen LogP contribution in [0.25, 0.3) is 11.4 Å². The average molecular weight is 350 g/mol. The lowest BCUT2D eigenvalue weighted by Gasteiger charge is -2.31. The minimum Gasteiger partial charge on any atom is -0.337 e. The number of carbonyl (C=O) groups is 1. The van der Waals surface area contributed by atoms with Gasteiger partial charge >= 0.3 is 0 Å². The van der Waals surface area contributed by atoms with Crippen LogP contribution < -0.4 is 0 Å². The number of likely N-dealkylation sites (tertiary alicyclic amines) is 1. The summed E-state index contributed by atoms with van der Waals surface area (Å²) < 4.78 is 1.74. The number of benzene rings is 1. The number of nitrogens with one attached hydrogen (secondary N) is 1. The molecular weight excluding hydrogens is 328 g/mol. The number of aromatic amines is 1. The Morgan fingerprint density at radius 2 is 2.12 bits per heavy atom. The number of rotatable bonds is 4. The Bertz CT molecular complexity index is 884. The van der Waals surface area contributed by atoms with Gasteiger partial charge in [-0.2, -0.15) is 10.2 Å². The second-order valence-corrected chi connectivity index (χ2v) is 6.53. The monoisotopic (exact) mass is 350 g/mol. The minimum absolute atomic E-state index is 0.0387. The predicted molar refractivity (Wildman–Crippen MR) is 97.6 cm³/mol. The van der Waals surface area contributed by atoms with Crippen LogP contribution in [0.15, 0.2) is 42.6 Å². The molecule has 1 aromatic carbocycles. The van der Waals surface area contributed by atoms with Gasteiger partial charge in [-0.15, -0.1) is 0 Å². The summed E-state index contributed by atoms with van der Waals surface area (Å²) in [4.78, 5) is 19.4. The second kappa shape index (κ2) is 7.11. The van der Waals surface area contributed by atoms with E-state index in [2.05, 4.69) is 20.3 Å². The SMILES string of the molecule is CCn1nccc1C(=O)N1CCC[C@@H](c2nc(-c3ccccc3)n[nH]2)C1. The maximum absolute atomic E-state index is 12.9. The van der Waals surface area contributed by atoms with E-state index in [1.165, 1.54) is 0 Å². The highest BCUT2D eigenvalue weighted by molar-refractivity contribution is 5.92. The maximum atomic E-state index is 12.9. The first-order chi connectivity index (χ1) is 12.8. The van der Waals surface area contributed by atoms with Crippen molar-refractivity contribution in [3.8, 4) is 11.4 Å². The number of amides is 1. The standard InChI is InChI=1S/C19H22N6O/c1-2-25-16(10-11-20-25)19(26)24-12-6-9-15(13-24)18-21-17(22-23-18)14-7-4-3-5-8-14/h3-5,7-8,10-11,15H,2,6,9,12-13H2,1H3,(H,21,22,23)/t15-/m1/s1. The largest absolute Gasteiger partial charge is 0.337 e. The highest BCUT2D eigenvalue weighted by atomic mass is 16.2. The van der Waals surface area contributed by atoms with Crippen molar-refractivity contribution in [2.75, 3.05) is 13.1 Å². The minimum atomic E-state index is 0.0387. The molecule has 1 aliphatic rings. The lowest BCUT2D eigenvalue weighted by Crippen LogP contribution is -2.40. The number of aryl methyl sites for hydroxylation is 1. The zero-order valence-electron chi connectivity index (χ0n) is 14.8. The molecule has 7 heteroatoms. The summed E-state index contributed by atoms with van der Waals surface area (Å²) in [6.45, 7) is 4.09. The van der Waals surface area contributed by atoms with Crippen molar-refractivity contribution < 1.29 is 4.79 Å². The molecular formula is C19H22N6O. The lowest BCUT2D eigenvalue weighted by molar-refractivity contribution is 0.0692. The fraction of sp³-hybridized carbons (Fsp3) is 0.368. The molecule has 2 aromatic heterocycles. The molecule has 1 atom stereocenters. The quantitative estimate of drug-likeness (QED) is 0.784. The van der Waals surface area contributed by atoms with Crippen molar-refractivity contribution in [1.29, 1.82) is 0 Å². The van der Waals surface area contributed by atoms with E-state index < -0.39 is 0 Å². The number of nitrogens with zero attached hydrogens (tertiary/aromatic N) is 5. The Kier molecular flexibility index (Phi) is 4.51.